The average Bonchev–Trinajstić information content (AvgIpc) is 3.31. The third-order valence-corrected chi connectivity index (χ3v) is 6.86. The summed E-state index contributed by atoms with van der Waals surface area (Å²) < 4.78 is 5.49. The van der Waals surface area contributed by atoms with Crippen molar-refractivity contribution >= 4 is 0 Å². The molecule has 0 atom stereocenters. The Labute approximate surface area is 204 Å². The molecule has 1 aromatic carbocycles. The Bertz CT molecular complexity index is 692. The number of rotatable bonds is 21. The van der Waals surface area contributed by atoms with Gasteiger partial charge in [0.1, 0.15) is 5.69 Å². The fraction of sp³-hybridized carbons (Fsp3) is 0.733. The molecule has 0 fully saturated rings. The van der Waals surface area contributed by atoms with Gasteiger partial charge in [0.25, 0.3) is 0 Å². The number of benzene rings is 1. The first-order valence-electron chi connectivity index (χ1n) is 14.3. The highest BCUT2D eigenvalue weighted by atomic mass is 16.5. The summed E-state index contributed by atoms with van der Waals surface area (Å²) in [6, 6.07) is 8.92. The first-order valence-corrected chi connectivity index (χ1v) is 14.3. The minimum Gasteiger partial charge on any atom is -0.341 e. The maximum Gasteiger partial charge on any atom is 0.165 e. The van der Waals surface area contributed by atoms with E-state index in [1.807, 2.05) is 0 Å². The van der Waals surface area contributed by atoms with Crippen LogP contribution in [0, 0.1) is 0 Å². The van der Waals surface area contributed by atoms with Gasteiger partial charge in [-0.15, -0.1) is 5.10 Å². The summed E-state index contributed by atoms with van der Waals surface area (Å²) in [5, 5.41) is 8.13. The van der Waals surface area contributed by atoms with Crippen LogP contribution in [0.3, 0.4) is 0 Å². The Morgan fingerprint density at radius 1 is 0.545 bits per heavy atom. The van der Waals surface area contributed by atoms with Crippen molar-refractivity contribution in [1.82, 2.24) is 10.4 Å². The van der Waals surface area contributed by atoms with Crippen LogP contribution in [0.15, 0.2) is 28.8 Å². The lowest BCUT2D eigenvalue weighted by atomic mass is 10.0. The smallest absolute Gasteiger partial charge is 0.165 e. The molecule has 33 heavy (non-hydrogen) atoms. The summed E-state index contributed by atoms with van der Waals surface area (Å²) in [5.41, 5.74) is 3.50. The summed E-state index contributed by atoms with van der Waals surface area (Å²) >= 11 is 0. The Hall–Kier alpha value is -1.64. The second-order valence-corrected chi connectivity index (χ2v) is 9.90. The molecule has 0 spiro atoms. The van der Waals surface area contributed by atoms with Gasteiger partial charge >= 0.3 is 0 Å². The molecule has 0 unspecified atom stereocenters. The molecule has 0 bridgehead atoms. The van der Waals surface area contributed by atoms with Crippen LogP contribution in [-0.2, 0) is 12.8 Å². The van der Waals surface area contributed by atoms with Gasteiger partial charge in [0, 0.05) is 17.3 Å². The molecule has 0 amide bonds. The van der Waals surface area contributed by atoms with Crippen LogP contribution in [0.5, 0.6) is 0 Å². The van der Waals surface area contributed by atoms with Crippen LogP contribution >= 0.6 is 0 Å². The summed E-state index contributed by atoms with van der Waals surface area (Å²) in [7, 11) is 0. The number of unbranched alkanes of at least 4 members (excludes halogenated alkanes) is 16. The van der Waals surface area contributed by atoms with E-state index in [0.717, 1.165) is 29.9 Å². The molecular formula is C30H50N2O. The molecule has 2 rings (SSSR count). The van der Waals surface area contributed by atoms with Gasteiger partial charge in [-0.2, -0.15) is 0 Å². The van der Waals surface area contributed by atoms with Crippen molar-refractivity contribution in [1.29, 1.82) is 0 Å². The lowest BCUT2D eigenvalue weighted by Gasteiger charge is -2.05. The fourth-order valence-electron chi connectivity index (χ4n) is 4.66. The van der Waals surface area contributed by atoms with Gasteiger partial charge in [0.15, 0.2) is 5.76 Å². The number of hydrogen-bond acceptors (Lipinski definition) is 3. The highest BCUT2D eigenvalue weighted by molar-refractivity contribution is 5.60. The van der Waals surface area contributed by atoms with Gasteiger partial charge in [0.05, 0.1) is 0 Å². The lowest BCUT2D eigenvalue weighted by Crippen LogP contribution is -1.90. The van der Waals surface area contributed by atoms with Crippen LogP contribution in [0.25, 0.3) is 11.3 Å². The second-order valence-electron chi connectivity index (χ2n) is 9.90. The predicted octanol–water partition coefficient (Wildman–Crippen LogP) is 9.88. The average molecular weight is 455 g/mol. The zero-order valence-corrected chi connectivity index (χ0v) is 21.8. The number of nitrogens with zero attached hydrogens (tertiary/aromatic N) is 2. The van der Waals surface area contributed by atoms with E-state index >= 15 is 0 Å². The number of aryl methyl sites for hydroxylation is 2. The number of hydrogen-bond donors (Lipinski definition) is 0. The van der Waals surface area contributed by atoms with Gasteiger partial charge in [-0.1, -0.05) is 141 Å². The van der Waals surface area contributed by atoms with Crippen LogP contribution in [0.2, 0.25) is 0 Å². The summed E-state index contributed by atoms with van der Waals surface area (Å²) in [5.74, 6) is 0.948. The quantitative estimate of drug-likeness (QED) is 0.176. The first kappa shape index (κ1) is 27.6. The lowest BCUT2D eigenvalue weighted by molar-refractivity contribution is 0.358. The Morgan fingerprint density at radius 2 is 1.00 bits per heavy atom. The van der Waals surface area contributed by atoms with Crippen molar-refractivity contribution in [3.8, 4) is 11.3 Å². The highest BCUT2D eigenvalue weighted by Crippen LogP contribution is 2.24. The highest BCUT2D eigenvalue weighted by Gasteiger charge is 2.12. The maximum atomic E-state index is 5.49. The topological polar surface area (TPSA) is 38.9 Å². The molecule has 1 aromatic heterocycles. The van der Waals surface area contributed by atoms with Crippen molar-refractivity contribution in [2.24, 2.45) is 0 Å². The molecule has 0 aliphatic carbocycles. The Balaban J connectivity index is 1.59. The minimum atomic E-state index is 0.934. The molecule has 1 heterocycles. The zero-order valence-electron chi connectivity index (χ0n) is 21.8. The van der Waals surface area contributed by atoms with Crippen molar-refractivity contribution < 1.29 is 4.52 Å². The van der Waals surface area contributed by atoms with E-state index in [1.54, 1.807) is 0 Å². The third-order valence-electron chi connectivity index (χ3n) is 6.86. The van der Waals surface area contributed by atoms with Crippen LogP contribution in [0.4, 0.5) is 0 Å². The van der Waals surface area contributed by atoms with Crippen molar-refractivity contribution in [3.63, 3.8) is 0 Å². The summed E-state index contributed by atoms with van der Waals surface area (Å²) in [4.78, 5) is 0. The monoisotopic (exact) mass is 454 g/mol. The van der Waals surface area contributed by atoms with Crippen LogP contribution in [0.1, 0.15) is 141 Å². The van der Waals surface area contributed by atoms with Crippen molar-refractivity contribution in [2.75, 3.05) is 0 Å². The molecule has 0 saturated carbocycles. The van der Waals surface area contributed by atoms with Crippen LogP contribution in [-0.4, -0.2) is 10.4 Å². The van der Waals surface area contributed by atoms with E-state index < -0.39 is 0 Å². The predicted molar refractivity (Wildman–Crippen MR) is 142 cm³/mol. The molecule has 3 heteroatoms. The van der Waals surface area contributed by atoms with Gasteiger partial charge < -0.3 is 4.52 Å². The minimum absolute atomic E-state index is 0.934. The van der Waals surface area contributed by atoms with E-state index in [9.17, 15) is 0 Å². The molecule has 0 radical (unpaired) electrons. The largest absolute Gasteiger partial charge is 0.341 e. The SMILES string of the molecule is CCCCCCCCCCCCc1ccc(-c2nnoc2CCCCCCCCCC)cc1. The van der Waals surface area contributed by atoms with E-state index in [4.69, 9.17) is 4.52 Å². The van der Waals surface area contributed by atoms with Gasteiger partial charge in [-0.05, 0) is 24.8 Å². The van der Waals surface area contributed by atoms with E-state index in [-0.39, 0.29) is 0 Å². The molecule has 2 aromatic rings. The molecule has 186 valence electrons. The molecular weight excluding hydrogens is 404 g/mol. The molecule has 0 saturated heterocycles. The standard InChI is InChI=1S/C30H50N2O/c1-3-5-7-9-11-13-14-15-17-19-21-27-23-25-28(26-24-27)30-29(33-32-31-30)22-20-18-16-12-10-8-6-4-2/h23-26H,3-22H2,1-2H3. The van der Waals surface area contributed by atoms with Crippen molar-refractivity contribution in [3.05, 3.63) is 35.6 Å². The normalized spacial score (nSPS) is 11.3. The maximum absolute atomic E-state index is 5.49. The molecule has 3 nitrogen and oxygen atoms in total. The van der Waals surface area contributed by atoms with E-state index in [2.05, 4.69) is 48.5 Å². The Kier molecular flexibility index (Phi) is 15.7. The van der Waals surface area contributed by atoms with E-state index in [0.29, 0.717) is 0 Å². The zero-order chi connectivity index (χ0) is 23.4. The van der Waals surface area contributed by atoms with Gasteiger partial charge in [-0.25, -0.2) is 0 Å². The first-order chi connectivity index (χ1) is 16.3. The van der Waals surface area contributed by atoms with Gasteiger partial charge in [-0.3, -0.25) is 0 Å². The summed E-state index contributed by atoms with van der Waals surface area (Å²) in [6.07, 6.45) is 26.6. The van der Waals surface area contributed by atoms with E-state index in [1.165, 1.54) is 121 Å². The van der Waals surface area contributed by atoms with Crippen molar-refractivity contribution in [2.45, 2.75) is 142 Å². The summed E-state index contributed by atoms with van der Waals surface area (Å²) in [6.45, 7) is 4.56. The fourth-order valence-corrected chi connectivity index (χ4v) is 4.66. The van der Waals surface area contributed by atoms with Gasteiger partial charge in [0.2, 0.25) is 0 Å². The Morgan fingerprint density at radius 3 is 1.52 bits per heavy atom. The number of aromatic nitrogens is 2. The molecule has 0 N–H and O–H groups in total. The second kappa shape index (κ2) is 18.7. The molecule has 0 aliphatic rings. The third kappa shape index (κ3) is 12.4. The molecule has 0 aliphatic heterocycles. The van der Waals surface area contributed by atoms with Crippen LogP contribution < -0.4 is 0 Å².